The largest absolute Gasteiger partial charge is 0.496 e. The fourth-order valence-electron chi connectivity index (χ4n) is 3.64. The summed E-state index contributed by atoms with van der Waals surface area (Å²) in [7, 11) is 3.45. The van der Waals surface area contributed by atoms with Crippen molar-refractivity contribution in [3.63, 3.8) is 0 Å². The topological polar surface area (TPSA) is 73.4 Å². The van der Waals surface area contributed by atoms with Gasteiger partial charge in [0.15, 0.2) is 0 Å². The van der Waals surface area contributed by atoms with E-state index in [1.54, 1.807) is 12.1 Å². The number of hydrogen-bond donors (Lipinski definition) is 1. The Hall–Kier alpha value is -1.63. The number of halogens is 3. The monoisotopic (exact) mass is 434 g/mol. The van der Waals surface area contributed by atoms with Gasteiger partial charge in [0.2, 0.25) is 0 Å². The Balaban J connectivity index is 0.00000182. The summed E-state index contributed by atoms with van der Waals surface area (Å²) in [4.78, 5) is 15.1. The van der Waals surface area contributed by atoms with Crippen LogP contribution in [0.25, 0.3) is 0 Å². The molecule has 150 valence electrons. The quantitative estimate of drug-likeness (QED) is 0.737. The predicted molar refractivity (Wildman–Crippen MR) is 113 cm³/mol. The van der Waals surface area contributed by atoms with E-state index in [-0.39, 0.29) is 36.8 Å². The summed E-state index contributed by atoms with van der Waals surface area (Å²) >= 11 is 6.14. The zero-order chi connectivity index (χ0) is 18.3. The zero-order valence-electron chi connectivity index (χ0n) is 15.8. The van der Waals surface area contributed by atoms with Gasteiger partial charge in [-0.15, -0.1) is 24.8 Å². The molecule has 9 heteroatoms. The number of hydrogen-bond acceptors (Lipinski definition) is 4. The number of likely N-dealkylation sites (tertiary alicyclic amines) is 1. The molecule has 2 heterocycles. The molecule has 0 saturated carbocycles. The van der Waals surface area contributed by atoms with Gasteiger partial charge in [-0.1, -0.05) is 11.6 Å². The van der Waals surface area contributed by atoms with Crippen LogP contribution in [0.2, 0.25) is 5.02 Å². The molecule has 2 aromatic rings. The van der Waals surface area contributed by atoms with E-state index in [4.69, 9.17) is 22.1 Å². The van der Waals surface area contributed by atoms with Crippen LogP contribution in [0.1, 0.15) is 46.2 Å². The summed E-state index contributed by atoms with van der Waals surface area (Å²) in [6.45, 7) is 4.73. The van der Waals surface area contributed by atoms with Crippen LogP contribution in [0.3, 0.4) is 0 Å². The van der Waals surface area contributed by atoms with Crippen molar-refractivity contribution in [3.05, 3.63) is 39.7 Å². The van der Waals surface area contributed by atoms with E-state index in [1.807, 2.05) is 30.5 Å². The van der Waals surface area contributed by atoms with Crippen LogP contribution in [-0.4, -0.2) is 34.2 Å². The van der Waals surface area contributed by atoms with Crippen LogP contribution >= 0.6 is 36.4 Å². The Labute approximate surface area is 176 Å². The number of nitrogens with two attached hydrogens (primary N) is 1. The van der Waals surface area contributed by atoms with Crippen LogP contribution in [0.5, 0.6) is 5.75 Å². The summed E-state index contributed by atoms with van der Waals surface area (Å²) in [5.41, 5.74) is 9.85. The highest BCUT2D eigenvalue weighted by atomic mass is 35.5. The minimum atomic E-state index is -0.0936. The van der Waals surface area contributed by atoms with E-state index in [1.165, 1.54) is 7.11 Å². The maximum atomic E-state index is 13.2. The summed E-state index contributed by atoms with van der Waals surface area (Å²) in [6.07, 6.45) is 1.87. The van der Waals surface area contributed by atoms with Crippen molar-refractivity contribution in [2.24, 2.45) is 7.05 Å². The van der Waals surface area contributed by atoms with Crippen LogP contribution in [0, 0.1) is 13.8 Å². The smallest absolute Gasteiger partial charge is 0.258 e. The third-order valence-electron chi connectivity index (χ3n) is 4.96. The third kappa shape index (κ3) is 4.13. The van der Waals surface area contributed by atoms with Gasteiger partial charge in [-0.05, 0) is 32.8 Å². The van der Waals surface area contributed by atoms with E-state index in [9.17, 15) is 4.79 Å². The highest BCUT2D eigenvalue weighted by Gasteiger charge is 2.35. The van der Waals surface area contributed by atoms with Gasteiger partial charge in [0.05, 0.1) is 35.1 Å². The van der Waals surface area contributed by atoms with Gasteiger partial charge in [-0.3, -0.25) is 9.48 Å². The van der Waals surface area contributed by atoms with Gasteiger partial charge in [0, 0.05) is 30.9 Å². The molecule has 27 heavy (non-hydrogen) atoms. The van der Waals surface area contributed by atoms with Crippen molar-refractivity contribution in [1.29, 1.82) is 0 Å². The zero-order valence-corrected chi connectivity index (χ0v) is 18.2. The van der Waals surface area contributed by atoms with Crippen molar-refractivity contribution in [1.82, 2.24) is 14.7 Å². The lowest BCUT2D eigenvalue weighted by Gasteiger charge is -2.26. The first-order valence-electron chi connectivity index (χ1n) is 8.29. The molecule has 1 atom stereocenters. The fourth-order valence-corrected chi connectivity index (χ4v) is 3.81. The summed E-state index contributed by atoms with van der Waals surface area (Å²) in [6, 6.07) is 3.21. The molecule has 1 unspecified atom stereocenters. The molecule has 0 bridgehead atoms. The molecule has 0 aliphatic carbocycles. The lowest BCUT2D eigenvalue weighted by atomic mass is 10.0. The Morgan fingerprint density at radius 3 is 2.56 bits per heavy atom. The van der Waals surface area contributed by atoms with Crippen LogP contribution < -0.4 is 10.5 Å². The van der Waals surface area contributed by atoms with Gasteiger partial charge in [0.1, 0.15) is 5.75 Å². The van der Waals surface area contributed by atoms with E-state index in [0.29, 0.717) is 28.6 Å². The molecular weight excluding hydrogens is 411 g/mol. The first kappa shape index (κ1) is 23.4. The Morgan fingerprint density at radius 1 is 1.33 bits per heavy atom. The number of carbonyl (C=O) groups is 1. The standard InChI is InChI=1S/C18H23ClN4O2.2ClH/c1-10-17(11(2)22(3)21-10)15-6-5-7-23(15)18(24)12-8-13(19)14(20)9-16(12)25-4;;/h8-9,15H,5-7,20H2,1-4H3;2*1H. The minimum absolute atomic E-state index is 0. The number of aromatic nitrogens is 2. The van der Waals surface area contributed by atoms with E-state index < -0.39 is 0 Å². The lowest BCUT2D eigenvalue weighted by molar-refractivity contribution is 0.0731. The Kier molecular flexibility index (Phi) is 7.84. The molecule has 2 N–H and O–H groups in total. The Morgan fingerprint density at radius 2 is 2.00 bits per heavy atom. The molecule has 1 amide bonds. The number of ether oxygens (including phenoxy) is 1. The SMILES string of the molecule is COc1cc(N)c(Cl)cc1C(=O)N1CCCC1c1c(C)nn(C)c1C.Cl.Cl. The van der Waals surface area contributed by atoms with E-state index in [0.717, 1.165) is 29.8 Å². The second-order valence-electron chi connectivity index (χ2n) is 6.44. The van der Waals surface area contributed by atoms with Gasteiger partial charge < -0.3 is 15.4 Å². The first-order chi connectivity index (χ1) is 11.8. The van der Waals surface area contributed by atoms with E-state index in [2.05, 4.69) is 5.10 Å². The van der Waals surface area contributed by atoms with Crippen LogP contribution in [0.4, 0.5) is 5.69 Å². The molecular formula is C18H25Cl3N4O2. The third-order valence-corrected chi connectivity index (χ3v) is 5.29. The maximum Gasteiger partial charge on any atom is 0.258 e. The average molecular weight is 436 g/mol. The fraction of sp³-hybridized carbons (Fsp3) is 0.444. The van der Waals surface area contributed by atoms with Crippen molar-refractivity contribution in [2.45, 2.75) is 32.7 Å². The molecule has 1 saturated heterocycles. The summed E-state index contributed by atoms with van der Waals surface area (Å²) < 4.78 is 7.22. The number of aryl methyl sites for hydroxylation is 2. The normalized spacial score (nSPS) is 15.9. The number of methoxy groups -OCH3 is 1. The van der Waals surface area contributed by atoms with Gasteiger partial charge in [0.25, 0.3) is 5.91 Å². The molecule has 3 rings (SSSR count). The number of amides is 1. The van der Waals surface area contributed by atoms with Crippen LogP contribution in [-0.2, 0) is 7.05 Å². The lowest BCUT2D eigenvalue weighted by Crippen LogP contribution is -2.31. The summed E-state index contributed by atoms with van der Waals surface area (Å²) in [5.74, 6) is 0.348. The van der Waals surface area contributed by atoms with Gasteiger partial charge >= 0.3 is 0 Å². The van der Waals surface area contributed by atoms with Gasteiger partial charge in [-0.25, -0.2) is 0 Å². The second kappa shape index (κ2) is 9.04. The molecule has 1 aliphatic rings. The van der Waals surface area contributed by atoms with E-state index >= 15 is 0 Å². The minimum Gasteiger partial charge on any atom is -0.496 e. The highest BCUT2D eigenvalue weighted by Crippen LogP contribution is 2.38. The number of benzene rings is 1. The molecule has 1 aromatic heterocycles. The molecule has 0 radical (unpaired) electrons. The number of nitrogens with zero attached hydrogens (tertiary/aromatic N) is 3. The first-order valence-corrected chi connectivity index (χ1v) is 8.67. The predicted octanol–water partition coefficient (Wildman–Crippen LogP) is 4.10. The average Bonchev–Trinajstić information content (AvgIpc) is 3.13. The van der Waals surface area contributed by atoms with Crippen LogP contribution in [0.15, 0.2) is 12.1 Å². The second-order valence-corrected chi connectivity index (χ2v) is 6.85. The molecule has 1 aliphatic heterocycles. The van der Waals surface area contributed by atoms with Crippen molar-refractivity contribution >= 4 is 48.0 Å². The Bertz CT molecular complexity index is 838. The van der Waals surface area contributed by atoms with Gasteiger partial charge in [-0.2, -0.15) is 5.10 Å². The molecule has 0 spiro atoms. The highest BCUT2D eigenvalue weighted by molar-refractivity contribution is 6.33. The molecule has 1 aromatic carbocycles. The summed E-state index contributed by atoms with van der Waals surface area (Å²) in [5, 5.41) is 4.85. The number of anilines is 1. The molecule has 1 fully saturated rings. The molecule has 6 nitrogen and oxygen atoms in total. The number of nitrogen functional groups attached to an aromatic ring is 1. The maximum absolute atomic E-state index is 13.2. The number of rotatable bonds is 3. The number of carbonyl (C=O) groups excluding carboxylic acids is 1. The van der Waals surface area contributed by atoms with Crippen molar-refractivity contribution < 1.29 is 9.53 Å². The van der Waals surface area contributed by atoms with Crippen molar-refractivity contribution in [2.75, 3.05) is 19.4 Å². The van der Waals surface area contributed by atoms with Crippen molar-refractivity contribution in [3.8, 4) is 5.75 Å².